The summed E-state index contributed by atoms with van der Waals surface area (Å²) in [6.45, 7) is 0. The van der Waals surface area contributed by atoms with Crippen molar-refractivity contribution in [1.82, 2.24) is 0 Å². The predicted octanol–water partition coefficient (Wildman–Crippen LogP) is 1.13. The van der Waals surface area contributed by atoms with Gasteiger partial charge in [0.25, 0.3) is 0 Å². The molecule has 0 aliphatic heterocycles. The highest BCUT2D eigenvalue weighted by Gasteiger charge is 1.84. The maximum absolute atomic E-state index is 8.65. The molecule has 0 spiro atoms. The second-order valence-corrected chi connectivity index (χ2v) is 1.74. The minimum absolute atomic E-state index is 0.169. The minimum Gasteiger partial charge on any atom is -0.508 e. The number of nitrogens with zero attached hydrogens (tertiary/aromatic N) is 2. The third-order valence-corrected chi connectivity index (χ3v) is 0.900. The lowest BCUT2D eigenvalue weighted by Gasteiger charge is -1.88. The van der Waals surface area contributed by atoms with Gasteiger partial charge in [0.2, 0.25) is 0 Å². The fourth-order valence-corrected chi connectivity index (χ4v) is 0.453. The van der Waals surface area contributed by atoms with Crippen LogP contribution in [0.5, 0.6) is 11.5 Å². The summed E-state index contributed by atoms with van der Waals surface area (Å²) in [6, 6.07) is 8.18. The zero-order valence-corrected chi connectivity index (χ0v) is 6.10. The van der Waals surface area contributed by atoms with Crippen LogP contribution in [0, 0.1) is 22.7 Å². The molecule has 0 aromatic heterocycles. The third-order valence-electron chi connectivity index (χ3n) is 0.900. The van der Waals surface area contributed by atoms with Gasteiger partial charge in [-0.05, 0) is 24.3 Å². The number of rotatable bonds is 0. The SMILES string of the molecule is N#CC#N.Oc1ccc(O)cc1. The molecular formula is C8H6N2O2. The van der Waals surface area contributed by atoms with E-state index in [4.69, 9.17) is 20.7 Å². The predicted molar refractivity (Wildman–Crippen MR) is 41.0 cm³/mol. The van der Waals surface area contributed by atoms with Gasteiger partial charge >= 0.3 is 0 Å². The molecule has 0 aliphatic rings. The van der Waals surface area contributed by atoms with Crippen molar-refractivity contribution in [2.45, 2.75) is 0 Å². The minimum atomic E-state index is 0.169. The number of nitriles is 2. The molecule has 0 atom stereocenters. The maximum Gasteiger partial charge on any atom is 0.181 e. The summed E-state index contributed by atoms with van der Waals surface area (Å²) in [4.78, 5) is 0. The van der Waals surface area contributed by atoms with Crippen molar-refractivity contribution in [1.29, 1.82) is 10.5 Å². The summed E-state index contributed by atoms with van der Waals surface area (Å²) in [5.41, 5.74) is 0. The molecule has 1 aromatic carbocycles. The molecule has 12 heavy (non-hydrogen) atoms. The van der Waals surface area contributed by atoms with Crippen LogP contribution < -0.4 is 0 Å². The Balaban J connectivity index is 0.000000261. The second-order valence-electron chi connectivity index (χ2n) is 1.74. The average molecular weight is 162 g/mol. The molecule has 0 bridgehead atoms. The Bertz CT molecular complexity index is 272. The molecule has 0 saturated heterocycles. The first kappa shape index (κ1) is 9.80. The molecule has 1 rings (SSSR count). The van der Waals surface area contributed by atoms with Gasteiger partial charge in [0.1, 0.15) is 11.5 Å². The Morgan fingerprint density at radius 2 is 1.08 bits per heavy atom. The molecule has 0 heterocycles. The van der Waals surface area contributed by atoms with Gasteiger partial charge in [-0.1, -0.05) is 0 Å². The Labute approximate surface area is 69.5 Å². The van der Waals surface area contributed by atoms with Crippen molar-refractivity contribution in [3.05, 3.63) is 24.3 Å². The summed E-state index contributed by atoms with van der Waals surface area (Å²) in [6.07, 6.45) is 0. The van der Waals surface area contributed by atoms with Crippen LogP contribution in [0.3, 0.4) is 0 Å². The standard InChI is InChI=1S/C6H6O2.C2N2/c7-5-1-2-6(8)4-3-5;3-1-2-4/h1-4,7-8H;. The normalized spacial score (nSPS) is 6.83. The van der Waals surface area contributed by atoms with Crippen LogP contribution in [0.2, 0.25) is 0 Å². The van der Waals surface area contributed by atoms with E-state index >= 15 is 0 Å². The fraction of sp³-hybridized carbons (Fsp3) is 0. The van der Waals surface area contributed by atoms with Gasteiger partial charge in [-0.25, -0.2) is 0 Å². The van der Waals surface area contributed by atoms with E-state index in [1.54, 1.807) is 0 Å². The summed E-state index contributed by atoms with van der Waals surface area (Å²) in [7, 11) is 0. The van der Waals surface area contributed by atoms with Crippen LogP contribution in [0.25, 0.3) is 0 Å². The molecule has 2 N–H and O–H groups in total. The highest BCUT2D eigenvalue weighted by atomic mass is 16.3. The number of phenolic OH excluding ortho intramolecular Hbond substituents is 2. The van der Waals surface area contributed by atoms with E-state index in [1.807, 2.05) is 0 Å². The lowest BCUT2D eigenvalue weighted by Crippen LogP contribution is -1.61. The van der Waals surface area contributed by atoms with Crippen molar-refractivity contribution in [3.63, 3.8) is 0 Å². The van der Waals surface area contributed by atoms with Crippen molar-refractivity contribution in [2.75, 3.05) is 0 Å². The summed E-state index contributed by atoms with van der Waals surface area (Å²) in [5, 5.41) is 31.8. The fourth-order valence-electron chi connectivity index (χ4n) is 0.453. The number of phenols is 2. The van der Waals surface area contributed by atoms with Gasteiger partial charge in [0.05, 0.1) is 0 Å². The van der Waals surface area contributed by atoms with Crippen LogP contribution in [0.1, 0.15) is 0 Å². The molecule has 4 heteroatoms. The average Bonchev–Trinajstić information content (AvgIpc) is 2.11. The largest absolute Gasteiger partial charge is 0.508 e. The number of hydrogen-bond acceptors (Lipinski definition) is 4. The van der Waals surface area contributed by atoms with Gasteiger partial charge in [0, 0.05) is 0 Å². The van der Waals surface area contributed by atoms with E-state index in [2.05, 4.69) is 0 Å². The number of aromatic hydroxyl groups is 2. The van der Waals surface area contributed by atoms with Gasteiger partial charge in [0.15, 0.2) is 12.1 Å². The molecule has 0 fully saturated rings. The maximum atomic E-state index is 8.65. The van der Waals surface area contributed by atoms with Crippen LogP contribution in [-0.2, 0) is 0 Å². The van der Waals surface area contributed by atoms with Crippen molar-refractivity contribution >= 4 is 0 Å². The van der Waals surface area contributed by atoms with Crippen molar-refractivity contribution < 1.29 is 10.2 Å². The van der Waals surface area contributed by atoms with Crippen molar-refractivity contribution in [2.24, 2.45) is 0 Å². The molecule has 60 valence electrons. The van der Waals surface area contributed by atoms with Gasteiger partial charge in [-0.15, -0.1) is 0 Å². The van der Waals surface area contributed by atoms with Gasteiger partial charge < -0.3 is 10.2 Å². The van der Waals surface area contributed by atoms with Crippen LogP contribution in [0.15, 0.2) is 24.3 Å². The smallest absolute Gasteiger partial charge is 0.181 e. The topological polar surface area (TPSA) is 88.0 Å². The monoisotopic (exact) mass is 162 g/mol. The van der Waals surface area contributed by atoms with Gasteiger partial charge in [-0.3, -0.25) is 0 Å². The van der Waals surface area contributed by atoms with Crippen LogP contribution >= 0.6 is 0 Å². The lowest BCUT2D eigenvalue weighted by molar-refractivity contribution is 0.460. The molecular weight excluding hydrogens is 156 g/mol. The van der Waals surface area contributed by atoms with E-state index in [1.165, 1.54) is 36.4 Å². The third kappa shape index (κ3) is 4.66. The van der Waals surface area contributed by atoms with E-state index in [0.29, 0.717) is 0 Å². The summed E-state index contributed by atoms with van der Waals surface area (Å²) < 4.78 is 0. The second kappa shape index (κ2) is 5.57. The Morgan fingerprint density at radius 3 is 1.25 bits per heavy atom. The summed E-state index contributed by atoms with van der Waals surface area (Å²) in [5.74, 6) is 0.339. The van der Waals surface area contributed by atoms with E-state index < -0.39 is 0 Å². The van der Waals surface area contributed by atoms with E-state index in [0.717, 1.165) is 0 Å². The number of benzene rings is 1. The molecule has 4 nitrogen and oxygen atoms in total. The molecule has 0 saturated carbocycles. The highest BCUT2D eigenvalue weighted by Crippen LogP contribution is 2.13. The van der Waals surface area contributed by atoms with Crippen molar-refractivity contribution in [3.8, 4) is 23.6 Å². The van der Waals surface area contributed by atoms with Crippen LogP contribution in [0.4, 0.5) is 0 Å². The Hall–Kier alpha value is -2.20. The number of hydrogen-bond donors (Lipinski definition) is 2. The van der Waals surface area contributed by atoms with E-state index in [9.17, 15) is 0 Å². The highest BCUT2D eigenvalue weighted by molar-refractivity contribution is 5.28. The molecule has 1 aromatic rings. The van der Waals surface area contributed by atoms with Gasteiger partial charge in [-0.2, -0.15) is 10.5 Å². The molecule has 0 amide bonds. The zero-order valence-electron chi connectivity index (χ0n) is 6.10. The van der Waals surface area contributed by atoms with E-state index in [-0.39, 0.29) is 11.5 Å². The Morgan fingerprint density at radius 1 is 0.833 bits per heavy atom. The van der Waals surface area contributed by atoms with Crippen LogP contribution in [-0.4, -0.2) is 10.2 Å². The summed E-state index contributed by atoms with van der Waals surface area (Å²) >= 11 is 0. The Kier molecular flexibility index (Phi) is 4.55. The molecule has 0 radical (unpaired) electrons. The lowest BCUT2D eigenvalue weighted by atomic mass is 10.3. The zero-order chi connectivity index (χ0) is 9.40. The molecule has 0 aliphatic carbocycles. The first-order valence-corrected chi connectivity index (χ1v) is 2.97. The molecule has 0 unspecified atom stereocenters. The first-order chi connectivity index (χ1) is 5.70. The quantitative estimate of drug-likeness (QED) is 0.559. The first-order valence-electron chi connectivity index (χ1n) is 2.97.